The number of pyridine rings is 1. The molecule has 1 saturated carbocycles. The van der Waals surface area contributed by atoms with Crippen molar-refractivity contribution >= 4 is 34.5 Å². The van der Waals surface area contributed by atoms with Gasteiger partial charge in [-0.25, -0.2) is 4.98 Å². The van der Waals surface area contributed by atoms with E-state index in [2.05, 4.69) is 17.0 Å². The number of Topliss-reactive ketones (excluding diaryl/α,β-unsaturated/α-hetero) is 1. The van der Waals surface area contributed by atoms with Crippen LogP contribution in [0.5, 0.6) is 0 Å². The highest BCUT2D eigenvalue weighted by molar-refractivity contribution is 7.17. The van der Waals surface area contributed by atoms with Gasteiger partial charge < -0.3 is 14.5 Å². The fraction of sp³-hybridized carbons (Fsp3) is 0.370. The number of thiophene rings is 1. The van der Waals surface area contributed by atoms with Crippen molar-refractivity contribution in [1.82, 2.24) is 4.98 Å². The summed E-state index contributed by atoms with van der Waals surface area (Å²) in [6, 6.07) is 15.7. The molecule has 0 N–H and O–H groups in total. The normalized spacial score (nSPS) is 17.6. The average molecular weight is 474 g/mol. The Labute approximate surface area is 203 Å². The molecule has 3 aliphatic rings. The van der Waals surface area contributed by atoms with Crippen LogP contribution in [-0.4, -0.2) is 49.5 Å². The van der Waals surface area contributed by atoms with Crippen molar-refractivity contribution in [3.05, 3.63) is 64.7 Å². The molecule has 34 heavy (non-hydrogen) atoms. The Morgan fingerprint density at radius 2 is 1.85 bits per heavy atom. The Hall–Kier alpha value is -3.03. The molecule has 0 atom stereocenters. The number of benzene rings is 1. The Morgan fingerprint density at radius 3 is 2.68 bits per heavy atom. The predicted octanol–water partition coefficient (Wildman–Crippen LogP) is 4.83. The summed E-state index contributed by atoms with van der Waals surface area (Å²) in [6.45, 7) is 3.46. The van der Waals surface area contributed by atoms with Crippen LogP contribution in [0.4, 0.5) is 11.5 Å². The summed E-state index contributed by atoms with van der Waals surface area (Å²) >= 11 is 1.58. The number of para-hydroxylation sites is 1. The van der Waals surface area contributed by atoms with Crippen LogP contribution in [0.15, 0.2) is 48.5 Å². The molecule has 4 heterocycles. The molecule has 3 aromatic rings. The highest BCUT2D eigenvalue weighted by atomic mass is 32.1. The van der Waals surface area contributed by atoms with Gasteiger partial charge in [0.1, 0.15) is 11.5 Å². The van der Waals surface area contributed by atoms with Gasteiger partial charge in [-0.1, -0.05) is 24.3 Å². The third kappa shape index (κ3) is 4.14. The van der Waals surface area contributed by atoms with Crippen molar-refractivity contribution in [3.8, 4) is 10.4 Å². The van der Waals surface area contributed by atoms with E-state index in [0.29, 0.717) is 44.2 Å². The smallest absolute Gasteiger partial charge is 0.276 e. The molecule has 0 spiro atoms. The number of ether oxygens (including phenoxy) is 1. The molecule has 0 radical (unpaired) electrons. The van der Waals surface area contributed by atoms with E-state index in [4.69, 9.17) is 9.72 Å². The van der Waals surface area contributed by atoms with E-state index in [9.17, 15) is 9.59 Å². The molecule has 1 aromatic carbocycles. The number of nitrogens with zero attached hydrogens (tertiary/aromatic N) is 3. The molecule has 2 aromatic heterocycles. The second-order valence-electron chi connectivity index (χ2n) is 9.24. The number of carbonyl (C=O) groups is 2. The number of carbonyl (C=O) groups excluding carboxylic acids is 2. The zero-order valence-electron chi connectivity index (χ0n) is 19.0. The molecule has 1 aliphatic carbocycles. The van der Waals surface area contributed by atoms with Gasteiger partial charge >= 0.3 is 0 Å². The highest BCUT2D eigenvalue weighted by Crippen LogP contribution is 2.43. The second kappa shape index (κ2) is 8.96. The van der Waals surface area contributed by atoms with Gasteiger partial charge in [-0.3, -0.25) is 9.59 Å². The Kier molecular flexibility index (Phi) is 5.67. The standard InChI is InChI=1S/C27H27N3O3S/c31-23(16-18-8-9-18)24-17-19-10-11-30(22-6-2-1-4-20(22)26(19)34-24)27(32)21-5-3-7-25(28-21)29-12-14-33-15-13-29/h1-7,17-18H,8-16H2. The Balaban J connectivity index is 1.31. The number of ketones is 1. The first-order valence-electron chi connectivity index (χ1n) is 12.0. The number of amides is 1. The van der Waals surface area contributed by atoms with Crippen molar-refractivity contribution in [3.63, 3.8) is 0 Å². The van der Waals surface area contributed by atoms with Crippen LogP contribution in [0.1, 0.15) is 45.0 Å². The molecule has 0 bridgehead atoms. The van der Waals surface area contributed by atoms with Crippen LogP contribution in [0.2, 0.25) is 0 Å². The summed E-state index contributed by atoms with van der Waals surface area (Å²) in [5.74, 6) is 1.56. The van der Waals surface area contributed by atoms with Crippen LogP contribution in [0.3, 0.4) is 0 Å². The SMILES string of the molecule is O=C(CC1CC1)c1cc2c(s1)-c1ccccc1N(C(=O)c1cccc(N3CCOCC3)n1)CC2. The lowest BCUT2D eigenvalue weighted by Crippen LogP contribution is -2.37. The predicted molar refractivity (Wildman–Crippen MR) is 134 cm³/mol. The second-order valence-corrected chi connectivity index (χ2v) is 10.3. The summed E-state index contributed by atoms with van der Waals surface area (Å²) in [6.07, 6.45) is 3.73. The first-order valence-corrected chi connectivity index (χ1v) is 12.9. The van der Waals surface area contributed by atoms with Gasteiger partial charge in [0.2, 0.25) is 0 Å². The quantitative estimate of drug-likeness (QED) is 0.497. The molecule has 7 heteroatoms. The van der Waals surface area contributed by atoms with Gasteiger partial charge in [0.25, 0.3) is 5.91 Å². The average Bonchev–Trinajstić information content (AvgIpc) is 3.63. The van der Waals surface area contributed by atoms with Gasteiger partial charge in [0, 0.05) is 36.5 Å². The van der Waals surface area contributed by atoms with Gasteiger partial charge in [0.15, 0.2) is 5.78 Å². The van der Waals surface area contributed by atoms with E-state index < -0.39 is 0 Å². The van der Waals surface area contributed by atoms with Crippen molar-refractivity contribution in [2.45, 2.75) is 25.7 Å². The lowest BCUT2D eigenvalue weighted by atomic mass is 10.1. The molecule has 1 saturated heterocycles. The number of rotatable bonds is 5. The number of anilines is 2. The summed E-state index contributed by atoms with van der Waals surface area (Å²) in [4.78, 5) is 37.1. The minimum absolute atomic E-state index is 0.0947. The van der Waals surface area contributed by atoms with Crippen molar-refractivity contribution in [2.75, 3.05) is 42.6 Å². The minimum Gasteiger partial charge on any atom is -0.378 e. The van der Waals surface area contributed by atoms with Crippen LogP contribution in [-0.2, 0) is 11.2 Å². The molecule has 2 aliphatic heterocycles. The summed E-state index contributed by atoms with van der Waals surface area (Å²) in [7, 11) is 0. The number of hydrogen-bond donors (Lipinski definition) is 0. The van der Waals surface area contributed by atoms with Gasteiger partial charge in [-0.2, -0.15) is 0 Å². The first kappa shape index (κ1) is 21.5. The summed E-state index contributed by atoms with van der Waals surface area (Å²) in [5, 5.41) is 0. The molecule has 6 rings (SSSR count). The largest absolute Gasteiger partial charge is 0.378 e. The fourth-order valence-electron chi connectivity index (χ4n) is 4.78. The maximum atomic E-state index is 13.7. The maximum Gasteiger partial charge on any atom is 0.276 e. The Bertz CT molecular complexity index is 1240. The van der Waals surface area contributed by atoms with Gasteiger partial charge in [0.05, 0.1) is 23.8 Å². The van der Waals surface area contributed by atoms with Crippen LogP contribution in [0, 0.1) is 5.92 Å². The van der Waals surface area contributed by atoms with E-state index in [-0.39, 0.29) is 11.7 Å². The number of fused-ring (bicyclic) bond motifs is 3. The van der Waals surface area contributed by atoms with E-state index in [0.717, 1.165) is 45.5 Å². The molecule has 174 valence electrons. The van der Waals surface area contributed by atoms with Crippen molar-refractivity contribution < 1.29 is 14.3 Å². The molecule has 2 fully saturated rings. The van der Waals surface area contributed by atoms with Gasteiger partial charge in [-0.15, -0.1) is 11.3 Å². The fourth-order valence-corrected chi connectivity index (χ4v) is 5.97. The van der Waals surface area contributed by atoms with E-state index in [1.165, 1.54) is 12.8 Å². The van der Waals surface area contributed by atoms with Crippen molar-refractivity contribution in [1.29, 1.82) is 0 Å². The maximum absolute atomic E-state index is 13.7. The van der Waals surface area contributed by atoms with E-state index >= 15 is 0 Å². The molecule has 6 nitrogen and oxygen atoms in total. The summed E-state index contributed by atoms with van der Waals surface area (Å²) in [5.41, 5.74) is 3.50. The number of morpholine rings is 1. The van der Waals surface area contributed by atoms with Crippen LogP contribution >= 0.6 is 11.3 Å². The lowest BCUT2D eigenvalue weighted by molar-refractivity contribution is 0.0972. The molecule has 0 unspecified atom stereocenters. The number of hydrogen-bond acceptors (Lipinski definition) is 6. The zero-order valence-corrected chi connectivity index (χ0v) is 19.9. The van der Waals surface area contributed by atoms with E-state index in [1.807, 2.05) is 35.2 Å². The lowest BCUT2D eigenvalue weighted by Gasteiger charge is -2.28. The zero-order chi connectivity index (χ0) is 23.1. The van der Waals surface area contributed by atoms with Crippen LogP contribution in [0.25, 0.3) is 10.4 Å². The monoisotopic (exact) mass is 473 g/mol. The molecule has 1 amide bonds. The third-order valence-corrected chi connectivity index (χ3v) is 8.08. The summed E-state index contributed by atoms with van der Waals surface area (Å²) < 4.78 is 5.45. The number of aromatic nitrogens is 1. The molecular formula is C27H27N3O3S. The first-order chi connectivity index (χ1) is 16.7. The van der Waals surface area contributed by atoms with Crippen LogP contribution < -0.4 is 9.80 Å². The molecular weight excluding hydrogens is 446 g/mol. The highest BCUT2D eigenvalue weighted by Gasteiger charge is 2.30. The van der Waals surface area contributed by atoms with E-state index in [1.54, 1.807) is 17.4 Å². The topological polar surface area (TPSA) is 62.7 Å². The third-order valence-electron chi connectivity index (χ3n) is 6.83. The van der Waals surface area contributed by atoms with Crippen molar-refractivity contribution in [2.24, 2.45) is 5.92 Å². The van der Waals surface area contributed by atoms with Gasteiger partial charge in [-0.05, 0) is 55.0 Å². The Morgan fingerprint density at radius 1 is 1.03 bits per heavy atom. The minimum atomic E-state index is -0.0947.